The molecule has 4 rings (SSSR count). The van der Waals surface area contributed by atoms with Crippen LogP contribution in [0.1, 0.15) is 23.0 Å². The Morgan fingerprint density at radius 3 is 2.57 bits per heavy atom. The molecule has 0 aliphatic carbocycles. The molecule has 3 aromatic rings. The third-order valence-corrected chi connectivity index (χ3v) is 6.42. The summed E-state index contributed by atoms with van der Waals surface area (Å²) in [5.74, 6) is -1.49. The van der Waals surface area contributed by atoms with Gasteiger partial charge in [0.15, 0.2) is 6.61 Å². The smallest absolute Gasteiger partial charge is 0.422 e. The van der Waals surface area contributed by atoms with Crippen molar-refractivity contribution in [2.75, 3.05) is 38.9 Å². The van der Waals surface area contributed by atoms with Crippen LogP contribution in [-0.2, 0) is 14.3 Å². The maximum atomic E-state index is 13.5. The molecule has 3 N–H and O–H groups in total. The number of nitrogens with zero attached hydrogens (tertiary/aromatic N) is 2. The van der Waals surface area contributed by atoms with Gasteiger partial charge in [-0.05, 0) is 30.3 Å². The fourth-order valence-electron chi connectivity index (χ4n) is 4.25. The second-order valence-corrected chi connectivity index (χ2v) is 9.59. The molecule has 1 aliphatic heterocycles. The maximum absolute atomic E-state index is 13.5. The van der Waals surface area contributed by atoms with E-state index in [0.29, 0.717) is 13.2 Å². The average Bonchev–Trinajstić information content (AvgIpc) is 2.95. The van der Waals surface area contributed by atoms with Gasteiger partial charge in [-0.15, -0.1) is 0 Å². The highest BCUT2D eigenvalue weighted by molar-refractivity contribution is 6.31. The van der Waals surface area contributed by atoms with Crippen molar-refractivity contribution < 1.29 is 41.7 Å². The molecule has 0 saturated carbocycles. The number of carbonyl (C=O) groups excluding carboxylic acids is 2. The number of hydrogen-bond acceptors (Lipinski definition) is 8. The average molecular weight is 611 g/mol. The van der Waals surface area contributed by atoms with E-state index >= 15 is 0 Å². The van der Waals surface area contributed by atoms with Gasteiger partial charge in [0.1, 0.15) is 23.2 Å². The van der Waals surface area contributed by atoms with Crippen LogP contribution < -0.4 is 26.1 Å². The molecule has 2 atom stereocenters. The number of anilines is 1. The Balaban J connectivity index is 1.73. The monoisotopic (exact) mass is 610 g/mol. The van der Waals surface area contributed by atoms with Crippen LogP contribution >= 0.6 is 11.6 Å². The molecule has 0 bridgehead atoms. The van der Waals surface area contributed by atoms with E-state index in [1.807, 2.05) is 0 Å². The zero-order valence-electron chi connectivity index (χ0n) is 22.2. The Kier molecular flexibility index (Phi) is 9.70. The summed E-state index contributed by atoms with van der Waals surface area (Å²) in [6, 6.07) is 6.67. The lowest BCUT2D eigenvalue weighted by molar-refractivity contribution is -0.153. The van der Waals surface area contributed by atoms with Gasteiger partial charge in [0.2, 0.25) is 5.91 Å². The molecule has 224 valence electrons. The highest BCUT2D eigenvalue weighted by atomic mass is 35.5. The number of halogens is 4. The summed E-state index contributed by atoms with van der Waals surface area (Å²) in [6.07, 6.45) is -2.60. The first-order chi connectivity index (χ1) is 19.9. The van der Waals surface area contributed by atoms with Crippen molar-refractivity contribution in [2.45, 2.75) is 24.7 Å². The Bertz CT molecular complexity index is 1490. The Labute approximate surface area is 242 Å². The standard InChI is InChI=1S/C27H26ClF3N4O7/c1-39-23-12-35(24(36)10-19(23)18-8-15(28)2-5-22(18)42-14-27(29,30)31)21(9-17-13-40-6-7-41-17)26(38)34-16-3-4-20(25(32)37)33-11-16/h2-5,8,10-12,17,21H,6-7,9,13-14H2,1H3,(H2,32,37)(H,34,38). The molecular formula is C27H26ClF3N4O7. The summed E-state index contributed by atoms with van der Waals surface area (Å²) >= 11 is 6.12. The number of ether oxygens (including phenoxy) is 4. The zero-order chi connectivity index (χ0) is 30.4. The van der Waals surface area contributed by atoms with Gasteiger partial charge >= 0.3 is 6.18 Å². The predicted octanol–water partition coefficient (Wildman–Crippen LogP) is 3.60. The first kappa shape index (κ1) is 30.8. The quantitative estimate of drug-likeness (QED) is 0.354. The number of amides is 2. The van der Waals surface area contributed by atoms with Crippen LogP contribution in [0.25, 0.3) is 11.1 Å². The van der Waals surface area contributed by atoms with Crippen LogP contribution in [0.5, 0.6) is 11.5 Å². The van der Waals surface area contributed by atoms with Crippen LogP contribution in [0.3, 0.4) is 0 Å². The lowest BCUT2D eigenvalue weighted by atomic mass is 10.0. The first-order valence-electron chi connectivity index (χ1n) is 12.5. The van der Waals surface area contributed by atoms with Crippen molar-refractivity contribution in [3.8, 4) is 22.6 Å². The van der Waals surface area contributed by atoms with E-state index in [2.05, 4.69) is 10.3 Å². The molecule has 3 heterocycles. The van der Waals surface area contributed by atoms with Gasteiger partial charge in [-0.25, -0.2) is 4.98 Å². The fourth-order valence-corrected chi connectivity index (χ4v) is 4.42. The molecule has 42 heavy (non-hydrogen) atoms. The third kappa shape index (κ3) is 7.78. The Hall–Kier alpha value is -4.14. The summed E-state index contributed by atoms with van der Waals surface area (Å²) in [6.45, 7) is -0.705. The minimum absolute atomic E-state index is 0.00607. The highest BCUT2D eigenvalue weighted by Gasteiger charge is 2.31. The van der Waals surface area contributed by atoms with Crippen LogP contribution in [0.4, 0.5) is 18.9 Å². The van der Waals surface area contributed by atoms with E-state index in [4.69, 9.17) is 36.3 Å². The highest BCUT2D eigenvalue weighted by Crippen LogP contribution is 2.38. The molecule has 11 nitrogen and oxygen atoms in total. The molecular weight excluding hydrogens is 585 g/mol. The van der Waals surface area contributed by atoms with Gasteiger partial charge in [0.05, 0.1) is 51.1 Å². The summed E-state index contributed by atoms with van der Waals surface area (Å²) < 4.78 is 61.4. The molecule has 0 spiro atoms. The van der Waals surface area contributed by atoms with E-state index in [9.17, 15) is 27.6 Å². The van der Waals surface area contributed by atoms with Gasteiger partial charge in [0, 0.05) is 28.6 Å². The predicted molar refractivity (Wildman–Crippen MR) is 145 cm³/mol. The first-order valence-corrected chi connectivity index (χ1v) is 12.9. The van der Waals surface area contributed by atoms with Crippen LogP contribution in [0.2, 0.25) is 5.02 Å². The van der Waals surface area contributed by atoms with Crippen molar-refractivity contribution in [3.63, 3.8) is 0 Å². The third-order valence-electron chi connectivity index (χ3n) is 6.18. The van der Waals surface area contributed by atoms with E-state index in [1.165, 1.54) is 49.8 Å². The lowest BCUT2D eigenvalue weighted by Crippen LogP contribution is -2.38. The van der Waals surface area contributed by atoms with Gasteiger partial charge in [-0.1, -0.05) is 11.6 Å². The Morgan fingerprint density at radius 1 is 1.19 bits per heavy atom. The number of hydrogen-bond donors (Lipinski definition) is 2. The largest absolute Gasteiger partial charge is 0.495 e. The molecule has 1 aromatic carbocycles. The molecule has 1 fully saturated rings. The van der Waals surface area contributed by atoms with E-state index in [1.54, 1.807) is 0 Å². The Morgan fingerprint density at radius 2 is 1.95 bits per heavy atom. The van der Waals surface area contributed by atoms with E-state index in [0.717, 1.165) is 10.6 Å². The van der Waals surface area contributed by atoms with Crippen molar-refractivity contribution in [3.05, 3.63) is 69.9 Å². The van der Waals surface area contributed by atoms with Gasteiger partial charge in [0.25, 0.3) is 11.5 Å². The number of pyridine rings is 2. The lowest BCUT2D eigenvalue weighted by Gasteiger charge is -2.28. The second-order valence-electron chi connectivity index (χ2n) is 9.15. The van der Waals surface area contributed by atoms with E-state index < -0.39 is 42.3 Å². The number of alkyl halides is 3. The van der Waals surface area contributed by atoms with Crippen molar-refractivity contribution >= 4 is 29.1 Å². The minimum atomic E-state index is -4.61. The van der Waals surface area contributed by atoms with Gasteiger partial charge < -0.3 is 30.0 Å². The van der Waals surface area contributed by atoms with Crippen LogP contribution in [0.15, 0.2) is 53.6 Å². The zero-order valence-corrected chi connectivity index (χ0v) is 22.9. The number of methoxy groups -OCH3 is 1. The number of carbonyl (C=O) groups is 2. The van der Waals surface area contributed by atoms with Crippen molar-refractivity contribution in [1.29, 1.82) is 0 Å². The molecule has 1 aliphatic rings. The number of aromatic nitrogens is 2. The topological polar surface area (TPSA) is 144 Å². The molecule has 2 aromatic heterocycles. The second kappa shape index (κ2) is 13.2. The summed E-state index contributed by atoms with van der Waals surface area (Å²) in [5.41, 5.74) is 4.95. The van der Waals surface area contributed by atoms with Crippen LogP contribution in [0, 0.1) is 0 Å². The molecule has 15 heteroatoms. The van der Waals surface area contributed by atoms with Crippen molar-refractivity contribution in [2.24, 2.45) is 5.73 Å². The minimum Gasteiger partial charge on any atom is -0.495 e. The molecule has 2 unspecified atom stereocenters. The number of benzene rings is 1. The number of primary amides is 1. The summed E-state index contributed by atoms with van der Waals surface area (Å²) in [5, 5.41) is 2.84. The van der Waals surface area contributed by atoms with Crippen molar-refractivity contribution in [1.82, 2.24) is 9.55 Å². The molecule has 1 saturated heterocycles. The van der Waals surface area contributed by atoms with Crippen LogP contribution in [-0.4, -0.2) is 67.2 Å². The van der Waals surface area contributed by atoms with Gasteiger partial charge in [-0.3, -0.25) is 19.0 Å². The van der Waals surface area contributed by atoms with Gasteiger partial charge in [-0.2, -0.15) is 13.2 Å². The molecule has 0 radical (unpaired) electrons. The molecule has 2 amide bonds. The number of nitrogens with two attached hydrogens (primary N) is 1. The fraction of sp³-hybridized carbons (Fsp3) is 0.333. The summed E-state index contributed by atoms with van der Waals surface area (Å²) in [7, 11) is 1.30. The maximum Gasteiger partial charge on any atom is 0.422 e. The number of nitrogens with one attached hydrogen (secondary N) is 1. The normalized spacial score (nSPS) is 16.0. The SMILES string of the molecule is COc1cn(C(CC2COCCO2)C(=O)Nc2ccc(C(N)=O)nc2)c(=O)cc1-c1cc(Cl)ccc1OCC(F)(F)F. The number of rotatable bonds is 10. The summed E-state index contributed by atoms with van der Waals surface area (Å²) in [4.78, 5) is 42.2. The van der Waals surface area contributed by atoms with E-state index in [-0.39, 0.29) is 52.1 Å².